The molecular formula is C11H22BN5O3. The number of hydrogen-bond donors (Lipinski definition) is 5. The van der Waals surface area contributed by atoms with Crippen LogP contribution in [0.5, 0.6) is 0 Å². The maximum Gasteiger partial charge on any atom is 0.451 e. The Kier molecular flexibility index (Phi) is 5.55. The van der Waals surface area contributed by atoms with Gasteiger partial charge in [-0.2, -0.15) is 4.99 Å². The number of rotatable bonds is 5. The number of carbonyl (C=O) groups excluding carboxylic acids is 1. The SMILES string of the molecule is C=CC1(N)CN(C(=O)N=C(N)N)C[C@@H]1CCCB(O)O. The summed E-state index contributed by atoms with van der Waals surface area (Å²) in [5.41, 5.74) is 15.9. The molecule has 112 valence electrons. The summed E-state index contributed by atoms with van der Waals surface area (Å²) in [6.07, 6.45) is 3.15. The van der Waals surface area contributed by atoms with Crippen LogP contribution in [-0.4, -0.2) is 52.7 Å². The molecule has 0 aromatic heterocycles. The van der Waals surface area contributed by atoms with Crippen LogP contribution < -0.4 is 17.2 Å². The van der Waals surface area contributed by atoms with Crippen LogP contribution in [0, 0.1) is 5.92 Å². The number of amides is 2. The fourth-order valence-electron chi connectivity index (χ4n) is 2.43. The Morgan fingerprint density at radius 3 is 2.70 bits per heavy atom. The molecule has 0 aliphatic carbocycles. The van der Waals surface area contributed by atoms with Gasteiger partial charge >= 0.3 is 13.1 Å². The van der Waals surface area contributed by atoms with E-state index in [-0.39, 0.29) is 18.2 Å². The normalized spacial score (nSPS) is 25.4. The number of urea groups is 1. The fourth-order valence-corrected chi connectivity index (χ4v) is 2.43. The van der Waals surface area contributed by atoms with Crippen LogP contribution in [0.4, 0.5) is 4.79 Å². The van der Waals surface area contributed by atoms with Gasteiger partial charge in [0.2, 0.25) is 0 Å². The zero-order valence-corrected chi connectivity index (χ0v) is 11.4. The first-order chi connectivity index (χ1) is 9.28. The maximum absolute atomic E-state index is 11.8. The van der Waals surface area contributed by atoms with E-state index in [9.17, 15) is 4.79 Å². The van der Waals surface area contributed by atoms with Gasteiger partial charge in [-0.25, -0.2) is 4.79 Å². The monoisotopic (exact) mass is 283 g/mol. The maximum atomic E-state index is 11.8. The summed E-state index contributed by atoms with van der Waals surface area (Å²) in [6, 6.07) is -0.522. The number of likely N-dealkylation sites (tertiary alicyclic amines) is 1. The molecule has 2 atom stereocenters. The lowest BCUT2D eigenvalue weighted by Crippen LogP contribution is -2.46. The van der Waals surface area contributed by atoms with Crippen molar-refractivity contribution in [1.29, 1.82) is 0 Å². The van der Waals surface area contributed by atoms with Crippen molar-refractivity contribution in [2.24, 2.45) is 28.1 Å². The van der Waals surface area contributed by atoms with E-state index in [1.807, 2.05) is 0 Å². The van der Waals surface area contributed by atoms with E-state index in [0.29, 0.717) is 25.9 Å². The van der Waals surface area contributed by atoms with Crippen LogP contribution in [0.3, 0.4) is 0 Å². The third-order valence-corrected chi connectivity index (χ3v) is 3.56. The topological polar surface area (TPSA) is 151 Å². The molecule has 0 bridgehead atoms. The van der Waals surface area contributed by atoms with Gasteiger partial charge in [0.25, 0.3) is 0 Å². The van der Waals surface area contributed by atoms with Crippen molar-refractivity contribution in [3.8, 4) is 0 Å². The molecule has 1 rings (SSSR count). The second-order valence-corrected chi connectivity index (χ2v) is 5.12. The summed E-state index contributed by atoms with van der Waals surface area (Å²) in [5.74, 6) is -0.306. The van der Waals surface area contributed by atoms with Gasteiger partial charge in [-0.3, -0.25) is 0 Å². The van der Waals surface area contributed by atoms with Gasteiger partial charge in [0.1, 0.15) is 0 Å². The molecular weight excluding hydrogens is 261 g/mol. The van der Waals surface area contributed by atoms with Crippen LogP contribution in [0.1, 0.15) is 12.8 Å². The minimum absolute atomic E-state index is 0.0168. The van der Waals surface area contributed by atoms with E-state index in [1.54, 1.807) is 6.08 Å². The number of nitrogens with two attached hydrogens (primary N) is 3. The largest absolute Gasteiger partial charge is 0.451 e. The summed E-state index contributed by atoms with van der Waals surface area (Å²) >= 11 is 0. The molecule has 20 heavy (non-hydrogen) atoms. The van der Waals surface area contributed by atoms with E-state index in [1.165, 1.54) is 4.90 Å². The lowest BCUT2D eigenvalue weighted by atomic mass is 9.78. The molecule has 8 N–H and O–H groups in total. The Morgan fingerprint density at radius 2 is 2.20 bits per heavy atom. The number of carbonyl (C=O) groups is 1. The van der Waals surface area contributed by atoms with Crippen molar-refractivity contribution in [1.82, 2.24) is 4.90 Å². The average Bonchev–Trinajstić information content (AvgIpc) is 2.67. The van der Waals surface area contributed by atoms with Crippen molar-refractivity contribution in [3.05, 3.63) is 12.7 Å². The molecule has 0 aromatic carbocycles. The first kappa shape index (κ1) is 16.5. The van der Waals surface area contributed by atoms with Crippen LogP contribution in [0.2, 0.25) is 6.32 Å². The lowest BCUT2D eigenvalue weighted by Gasteiger charge is -2.26. The van der Waals surface area contributed by atoms with Gasteiger partial charge in [-0.1, -0.05) is 12.5 Å². The summed E-state index contributed by atoms with van der Waals surface area (Å²) < 4.78 is 0. The smallest absolute Gasteiger partial charge is 0.427 e. The minimum Gasteiger partial charge on any atom is -0.427 e. The van der Waals surface area contributed by atoms with Crippen LogP contribution in [0.15, 0.2) is 17.6 Å². The molecule has 1 aliphatic rings. The highest BCUT2D eigenvalue weighted by Crippen LogP contribution is 2.31. The van der Waals surface area contributed by atoms with Crippen LogP contribution in [0.25, 0.3) is 0 Å². The predicted molar refractivity (Wildman–Crippen MR) is 77.6 cm³/mol. The molecule has 0 aromatic rings. The second-order valence-electron chi connectivity index (χ2n) is 5.12. The van der Waals surface area contributed by atoms with E-state index in [4.69, 9.17) is 27.2 Å². The molecule has 2 amide bonds. The van der Waals surface area contributed by atoms with Gasteiger partial charge in [-0.05, 0) is 18.7 Å². The quantitative estimate of drug-likeness (QED) is 0.178. The van der Waals surface area contributed by atoms with Crippen molar-refractivity contribution in [3.63, 3.8) is 0 Å². The lowest BCUT2D eigenvalue weighted by molar-refractivity contribution is 0.216. The third-order valence-electron chi connectivity index (χ3n) is 3.56. The molecule has 8 nitrogen and oxygen atoms in total. The van der Waals surface area contributed by atoms with Crippen molar-refractivity contribution < 1.29 is 14.8 Å². The highest BCUT2D eigenvalue weighted by Gasteiger charge is 2.42. The zero-order valence-electron chi connectivity index (χ0n) is 11.4. The van der Waals surface area contributed by atoms with Gasteiger partial charge in [-0.15, -0.1) is 6.58 Å². The first-order valence-electron chi connectivity index (χ1n) is 6.45. The molecule has 1 unspecified atom stereocenters. The number of nitrogens with zero attached hydrogens (tertiary/aromatic N) is 2. The Morgan fingerprint density at radius 1 is 1.55 bits per heavy atom. The minimum atomic E-state index is -1.33. The van der Waals surface area contributed by atoms with Crippen molar-refractivity contribution >= 4 is 19.1 Å². The van der Waals surface area contributed by atoms with Crippen molar-refractivity contribution in [2.75, 3.05) is 13.1 Å². The van der Waals surface area contributed by atoms with Crippen LogP contribution >= 0.6 is 0 Å². The van der Waals surface area contributed by atoms with E-state index < -0.39 is 18.7 Å². The van der Waals surface area contributed by atoms with Crippen molar-refractivity contribution in [2.45, 2.75) is 24.7 Å². The number of aliphatic imine (C=N–C) groups is 1. The van der Waals surface area contributed by atoms with Crippen LogP contribution in [-0.2, 0) is 0 Å². The highest BCUT2D eigenvalue weighted by atomic mass is 16.4. The Balaban J connectivity index is 2.68. The molecule has 0 saturated carbocycles. The molecule has 1 saturated heterocycles. The van der Waals surface area contributed by atoms with E-state index in [0.717, 1.165) is 0 Å². The summed E-state index contributed by atoms with van der Waals surface area (Å²) in [6.45, 7) is 4.42. The van der Waals surface area contributed by atoms with E-state index >= 15 is 0 Å². The summed E-state index contributed by atoms with van der Waals surface area (Å²) in [7, 11) is -1.33. The van der Waals surface area contributed by atoms with Gasteiger partial charge in [0.05, 0.1) is 5.54 Å². The Hall–Kier alpha value is -1.58. The van der Waals surface area contributed by atoms with E-state index in [2.05, 4.69) is 11.6 Å². The van der Waals surface area contributed by atoms with Gasteiger partial charge < -0.3 is 32.1 Å². The molecule has 1 aliphatic heterocycles. The molecule has 0 radical (unpaired) electrons. The average molecular weight is 283 g/mol. The molecule has 9 heteroatoms. The Bertz CT molecular complexity index is 400. The third kappa shape index (κ3) is 4.22. The standard InChI is InChI=1S/C11H22BN5O3/c1-2-11(15)7-17(10(18)16-9(13)14)6-8(11)4-3-5-12(19)20/h2,8,19-20H,1,3-7,15H2,(H4,13,14,16,18)/t8-,11?/m0/s1. The second kappa shape index (κ2) is 6.73. The molecule has 1 heterocycles. The highest BCUT2D eigenvalue weighted by molar-refractivity contribution is 6.40. The first-order valence-corrected chi connectivity index (χ1v) is 6.45. The summed E-state index contributed by atoms with van der Waals surface area (Å²) in [5, 5.41) is 17.7. The molecule has 1 fully saturated rings. The Labute approximate surface area is 118 Å². The zero-order chi connectivity index (χ0) is 15.3. The number of guanidine groups is 1. The van der Waals surface area contributed by atoms with Gasteiger partial charge in [0.15, 0.2) is 5.96 Å². The van der Waals surface area contributed by atoms with Gasteiger partial charge in [0, 0.05) is 13.1 Å². The summed E-state index contributed by atoms with van der Waals surface area (Å²) in [4.78, 5) is 16.8. The number of hydrogen-bond acceptors (Lipinski definition) is 4. The molecule has 0 spiro atoms. The predicted octanol–water partition coefficient (Wildman–Crippen LogP) is -1.55. The fraction of sp³-hybridized carbons (Fsp3) is 0.636.